The fraction of sp³-hybridized carbons (Fsp3) is 0.143. The van der Waals surface area contributed by atoms with Gasteiger partial charge in [-0.15, -0.1) is 0 Å². The smallest absolute Gasteiger partial charge is 0.355 e. The van der Waals surface area contributed by atoms with E-state index in [0.29, 0.717) is 6.07 Å². The van der Waals surface area contributed by atoms with Crippen LogP contribution in [0.2, 0.25) is 5.15 Å². The van der Waals surface area contributed by atoms with Crippen molar-refractivity contribution in [2.24, 2.45) is 0 Å². The molecule has 1 heterocycles. The van der Waals surface area contributed by atoms with Gasteiger partial charge in [-0.05, 0) is 0 Å². The van der Waals surface area contributed by atoms with Crippen molar-refractivity contribution in [1.82, 2.24) is 4.98 Å². The molecule has 0 radical (unpaired) electrons. The lowest BCUT2D eigenvalue weighted by atomic mass is 10.2. The van der Waals surface area contributed by atoms with E-state index in [0.717, 1.165) is 0 Å². The van der Waals surface area contributed by atoms with Crippen LogP contribution in [0.4, 0.5) is 13.2 Å². The molecule has 0 bridgehead atoms. The molecule has 1 aromatic rings. The van der Waals surface area contributed by atoms with E-state index in [2.05, 4.69) is 4.98 Å². The number of carbonyl (C=O) groups is 1. The molecule has 0 aromatic carbocycles. The van der Waals surface area contributed by atoms with E-state index in [4.69, 9.17) is 16.7 Å². The Morgan fingerprint density at radius 3 is 2.57 bits per heavy atom. The number of halogens is 4. The van der Waals surface area contributed by atoms with E-state index < -0.39 is 34.6 Å². The van der Waals surface area contributed by atoms with Crippen molar-refractivity contribution in [3.05, 3.63) is 28.3 Å². The summed E-state index contributed by atoms with van der Waals surface area (Å²) in [6.07, 6.45) is -3.24. The number of rotatable bonds is 2. The number of carboxylic acids is 1. The van der Waals surface area contributed by atoms with Gasteiger partial charge in [-0.1, -0.05) is 11.6 Å². The van der Waals surface area contributed by atoms with Crippen molar-refractivity contribution in [2.75, 3.05) is 0 Å². The minimum Gasteiger partial charge on any atom is -0.476 e. The van der Waals surface area contributed by atoms with E-state index in [1.54, 1.807) is 0 Å². The van der Waals surface area contributed by atoms with Gasteiger partial charge in [0.2, 0.25) is 0 Å². The highest BCUT2D eigenvalue weighted by Gasteiger charge is 2.24. The number of hydrogen-bond donors (Lipinski definition) is 1. The molecule has 14 heavy (non-hydrogen) atoms. The Labute approximate surface area is 81.1 Å². The predicted molar refractivity (Wildman–Crippen MR) is 41.1 cm³/mol. The third kappa shape index (κ3) is 1.95. The van der Waals surface area contributed by atoms with Crippen LogP contribution in [0.3, 0.4) is 0 Å². The number of pyridine rings is 1. The number of alkyl halides is 2. The van der Waals surface area contributed by atoms with Crippen LogP contribution in [-0.4, -0.2) is 16.1 Å². The average molecular weight is 226 g/mol. The molecule has 76 valence electrons. The zero-order valence-electron chi connectivity index (χ0n) is 6.47. The summed E-state index contributed by atoms with van der Waals surface area (Å²) in [5.41, 5.74) is -2.31. The fourth-order valence-corrected chi connectivity index (χ4v) is 1.05. The third-order valence-corrected chi connectivity index (χ3v) is 1.59. The van der Waals surface area contributed by atoms with Gasteiger partial charge in [0.1, 0.15) is 11.0 Å². The number of hydrogen-bond acceptors (Lipinski definition) is 2. The second kappa shape index (κ2) is 3.83. The van der Waals surface area contributed by atoms with E-state index in [-0.39, 0.29) is 0 Å². The SMILES string of the molecule is O=C(O)c1nc(Cl)cc(F)c1C(F)F. The Bertz CT molecular complexity index is 383. The van der Waals surface area contributed by atoms with Gasteiger partial charge in [0.25, 0.3) is 6.43 Å². The minimum absolute atomic E-state index is 0.482. The lowest BCUT2D eigenvalue weighted by Crippen LogP contribution is -2.08. The number of aromatic carboxylic acids is 1. The largest absolute Gasteiger partial charge is 0.476 e. The van der Waals surface area contributed by atoms with Gasteiger partial charge >= 0.3 is 5.97 Å². The maximum Gasteiger partial charge on any atom is 0.355 e. The molecule has 0 fully saturated rings. The van der Waals surface area contributed by atoms with Gasteiger partial charge < -0.3 is 5.11 Å². The standard InChI is InChI=1S/C7H3ClF3NO2/c8-3-1-2(9)4(6(10)11)5(12-3)7(13)14/h1,6H,(H,13,14). The maximum atomic E-state index is 12.9. The number of carboxylic acid groups (broad SMARTS) is 1. The summed E-state index contributed by atoms with van der Waals surface area (Å²) in [4.78, 5) is 13.5. The van der Waals surface area contributed by atoms with E-state index in [1.165, 1.54) is 0 Å². The molecular formula is C7H3ClF3NO2. The topological polar surface area (TPSA) is 50.2 Å². The first kappa shape index (κ1) is 10.8. The zero-order valence-corrected chi connectivity index (χ0v) is 7.23. The quantitative estimate of drug-likeness (QED) is 0.787. The molecular weight excluding hydrogens is 223 g/mol. The molecule has 1 aromatic heterocycles. The second-order valence-corrected chi connectivity index (χ2v) is 2.68. The van der Waals surface area contributed by atoms with Gasteiger partial charge in [-0.25, -0.2) is 22.9 Å². The highest BCUT2D eigenvalue weighted by molar-refractivity contribution is 6.29. The number of aromatic nitrogens is 1. The summed E-state index contributed by atoms with van der Waals surface area (Å²) in [5.74, 6) is -3.13. The molecule has 0 unspecified atom stereocenters. The molecule has 7 heteroatoms. The van der Waals surface area contributed by atoms with Crippen LogP contribution in [0.15, 0.2) is 6.07 Å². The lowest BCUT2D eigenvalue weighted by Gasteiger charge is -2.05. The van der Waals surface area contributed by atoms with Gasteiger partial charge in [0.05, 0.1) is 5.56 Å². The highest BCUT2D eigenvalue weighted by Crippen LogP contribution is 2.26. The maximum absolute atomic E-state index is 12.9. The van der Waals surface area contributed by atoms with Crippen LogP contribution in [-0.2, 0) is 0 Å². The molecule has 0 aliphatic carbocycles. The van der Waals surface area contributed by atoms with Crippen molar-refractivity contribution < 1.29 is 23.1 Å². The van der Waals surface area contributed by atoms with Gasteiger partial charge in [-0.2, -0.15) is 0 Å². The summed E-state index contributed by atoms with van der Waals surface area (Å²) in [5, 5.41) is 7.96. The first-order valence-corrected chi connectivity index (χ1v) is 3.68. The Morgan fingerprint density at radius 1 is 1.57 bits per heavy atom. The van der Waals surface area contributed by atoms with Gasteiger partial charge in [0, 0.05) is 6.07 Å². The van der Waals surface area contributed by atoms with Crippen molar-refractivity contribution in [3.63, 3.8) is 0 Å². The molecule has 0 aliphatic heterocycles. The fourth-order valence-electron chi connectivity index (χ4n) is 0.865. The molecule has 1 rings (SSSR count). The molecule has 0 spiro atoms. The average Bonchev–Trinajstić information content (AvgIpc) is 2.01. The van der Waals surface area contributed by atoms with Crippen LogP contribution in [0, 0.1) is 5.82 Å². The minimum atomic E-state index is -3.24. The first-order valence-electron chi connectivity index (χ1n) is 3.31. The van der Waals surface area contributed by atoms with Crippen molar-refractivity contribution >= 4 is 17.6 Å². The molecule has 1 N–H and O–H groups in total. The molecule has 3 nitrogen and oxygen atoms in total. The van der Waals surface area contributed by atoms with Crippen molar-refractivity contribution in [3.8, 4) is 0 Å². The summed E-state index contributed by atoms with van der Waals surface area (Å²) < 4.78 is 37.2. The Balaban J connectivity index is 3.44. The Morgan fingerprint density at radius 2 is 2.14 bits per heavy atom. The van der Waals surface area contributed by atoms with E-state index in [9.17, 15) is 18.0 Å². The van der Waals surface area contributed by atoms with E-state index in [1.807, 2.05) is 0 Å². The predicted octanol–water partition coefficient (Wildman–Crippen LogP) is 2.51. The number of nitrogens with zero attached hydrogens (tertiary/aromatic N) is 1. The second-order valence-electron chi connectivity index (χ2n) is 2.29. The summed E-state index contributed by atoms with van der Waals surface area (Å²) >= 11 is 5.21. The molecule has 0 amide bonds. The zero-order chi connectivity index (χ0) is 10.9. The first-order chi connectivity index (χ1) is 6.43. The normalized spacial score (nSPS) is 10.6. The monoisotopic (exact) mass is 225 g/mol. The van der Waals surface area contributed by atoms with Crippen LogP contribution in [0.25, 0.3) is 0 Å². The van der Waals surface area contributed by atoms with Crippen LogP contribution in [0.1, 0.15) is 22.5 Å². The third-order valence-electron chi connectivity index (χ3n) is 1.40. The van der Waals surface area contributed by atoms with Crippen LogP contribution >= 0.6 is 11.6 Å². The van der Waals surface area contributed by atoms with Gasteiger partial charge in [-0.3, -0.25) is 0 Å². The Hall–Kier alpha value is -1.30. The molecule has 0 saturated carbocycles. The lowest BCUT2D eigenvalue weighted by molar-refractivity contribution is 0.0674. The van der Waals surface area contributed by atoms with Crippen molar-refractivity contribution in [1.29, 1.82) is 0 Å². The van der Waals surface area contributed by atoms with Crippen LogP contribution < -0.4 is 0 Å². The van der Waals surface area contributed by atoms with Gasteiger partial charge in [0.15, 0.2) is 5.69 Å². The molecule has 0 aliphatic rings. The highest BCUT2D eigenvalue weighted by atomic mass is 35.5. The summed E-state index contributed by atoms with van der Waals surface area (Å²) in [7, 11) is 0. The van der Waals surface area contributed by atoms with Crippen LogP contribution in [0.5, 0.6) is 0 Å². The molecule has 0 atom stereocenters. The van der Waals surface area contributed by atoms with Crippen molar-refractivity contribution in [2.45, 2.75) is 6.43 Å². The summed E-state index contributed by atoms with van der Waals surface area (Å²) in [6.45, 7) is 0. The summed E-state index contributed by atoms with van der Waals surface area (Å²) in [6, 6.07) is 0.537. The Kier molecular flexibility index (Phi) is 2.95. The molecule has 0 saturated heterocycles. The van der Waals surface area contributed by atoms with E-state index >= 15 is 0 Å².